The molecule has 2 heterocycles. The molecule has 0 saturated heterocycles. The lowest BCUT2D eigenvalue weighted by Gasteiger charge is -2.27. The van der Waals surface area contributed by atoms with Crippen LogP contribution in [0.2, 0.25) is 0 Å². The van der Waals surface area contributed by atoms with Crippen LogP contribution in [0.25, 0.3) is 0 Å². The predicted octanol–water partition coefficient (Wildman–Crippen LogP) is 1.43. The fourth-order valence-corrected chi connectivity index (χ4v) is 2.58. The van der Waals surface area contributed by atoms with Crippen LogP contribution in [0.1, 0.15) is 18.5 Å². The lowest BCUT2D eigenvalue weighted by Crippen LogP contribution is -2.30. The molecule has 1 aliphatic rings. The van der Waals surface area contributed by atoms with Crippen LogP contribution >= 0.6 is 0 Å². The van der Waals surface area contributed by atoms with Gasteiger partial charge in [-0.15, -0.1) is 0 Å². The molecule has 1 atom stereocenters. The van der Waals surface area contributed by atoms with Gasteiger partial charge in [-0.25, -0.2) is 13.6 Å². The fourth-order valence-electron chi connectivity index (χ4n) is 2.58. The number of methoxy groups -OCH3 is 1. The maximum Gasteiger partial charge on any atom is 0.338 e. The Kier molecular flexibility index (Phi) is 4.70. The molecular formula is C15H15F2N5O3. The van der Waals surface area contributed by atoms with E-state index in [9.17, 15) is 13.6 Å². The van der Waals surface area contributed by atoms with Gasteiger partial charge < -0.3 is 14.8 Å². The molecular weight excluding hydrogens is 336 g/mol. The number of carbonyl (C=O) groups excluding carboxylic acids is 1. The summed E-state index contributed by atoms with van der Waals surface area (Å²) in [7, 11) is 1.47. The summed E-state index contributed by atoms with van der Waals surface area (Å²) in [5, 5.41) is 13.9. The summed E-state index contributed by atoms with van der Waals surface area (Å²) in [5.41, 5.74) is 0.395. The number of anilines is 1. The molecule has 0 aliphatic carbocycles. The topological polar surface area (TPSA) is 91.2 Å². The number of carbonyl (C=O) groups is 1. The predicted molar refractivity (Wildman–Crippen MR) is 81.5 cm³/mol. The minimum Gasteiger partial charge on any atom is -0.460 e. The molecule has 0 saturated carbocycles. The van der Waals surface area contributed by atoms with E-state index in [4.69, 9.17) is 9.47 Å². The van der Waals surface area contributed by atoms with Crippen LogP contribution in [-0.4, -0.2) is 46.5 Å². The van der Waals surface area contributed by atoms with E-state index in [1.54, 1.807) is 6.92 Å². The minimum atomic E-state index is -1.06. The molecule has 1 N–H and O–H groups in total. The number of fused-ring (bicyclic) bond motifs is 1. The van der Waals surface area contributed by atoms with Crippen molar-refractivity contribution in [2.24, 2.45) is 0 Å². The van der Waals surface area contributed by atoms with E-state index in [0.29, 0.717) is 5.70 Å². The van der Waals surface area contributed by atoms with Gasteiger partial charge >= 0.3 is 5.97 Å². The number of hydrogen-bond acceptors (Lipinski definition) is 7. The summed E-state index contributed by atoms with van der Waals surface area (Å²) in [6, 6.07) is 1.93. The second-order valence-electron chi connectivity index (χ2n) is 5.31. The summed E-state index contributed by atoms with van der Waals surface area (Å²) in [6.45, 7) is 1.84. The number of halogens is 2. The van der Waals surface area contributed by atoms with Gasteiger partial charge in [0.2, 0.25) is 5.95 Å². The average molecular weight is 351 g/mol. The van der Waals surface area contributed by atoms with Crippen LogP contribution in [-0.2, 0) is 14.3 Å². The van der Waals surface area contributed by atoms with Crippen LogP contribution < -0.4 is 5.32 Å². The van der Waals surface area contributed by atoms with E-state index in [2.05, 4.69) is 20.8 Å². The van der Waals surface area contributed by atoms with Crippen molar-refractivity contribution in [3.05, 3.63) is 46.7 Å². The zero-order chi connectivity index (χ0) is 18.0. The Morgan fingerprint density at radius 1 is 1.36 bits per heavy atom. The van der Waals surface area contributed by atoms with Crippen molar-refractivity contribution in [3.8, 4) is 0 Å². The molecule has 10 heteroatoms. The van der Waals surface area contributed by atoms with Gasteiger partial charge in [0.25, 0.3) is 0 Å². The van der Waals surface area contributed by atoms with Gasteiger partial charge in [-0.05, 0) is 35.5 Å². The summed E-state index contributed by atoms with van der Waals surface area (Å²) < 4.78 is 39.2. The molecule has 0 spiro atoms. The monoisotopic (exact) mass is 351 g/mol. The number of aromatic nitrogens is 4. The van der Waals surface area contributed by atoms with Gasteiger partial charge in [0.1, 0.15) is 24.3 Å². The van der Waals surface area contributed by atoms with E-state index in [1.807, 2.05) is 0 Å². The van der Waals surface area contributed by atoms with Crippen LogP contribution in [0.15, 0.2) is 29.5 Å². The molecule has 0 amide bonds. The fraction of sp³-hybridized carbons (Fsp3) is 0.333. The number of allylic oxidation sites excluding steroid dienone is 1. The Bertz CT molecular complexity index is 836. The third-order valence-electron chi connectivity index (χ3n) is 3.71. The van der Waals surface area contributed by atoms with E-state index < -0.39 is 23.6 Å². The number of nitrogens with one attached hydrogen (secondary N) is 1. The van der Waals surface area contributed by atoms with Crippen molar-refractivity contribution in [2.75, 3.05) is 25.6 Å². The lowest BCUT2D eigenvalue weighted by atomic mass is 9.95. The number of tetrazole rings is 1. The smallest absolute Gasteiger partial charge is 0.338 e. The lowest BCUT2D eigenvalue weighted by molar-refractivity contribution is -0.140. The Hall–Kier alpha value is -2.88. The molecule has 8 nitrogen and oxygen atoms in total. The first-order chi connectivity index (χ1) is 12.0. The summed E-state index contributed by atoms with van der Waals surface area (Å²) in [5.74, 6) is -1.82. The number of rotatable bonds is 5. The molecule has 1 aromatic heterocycles. The molecule has 1 aliphatic heterocycles. The van der Waals surface area contributed by atoms with Crippen molar-refractivity contribution >= 4 is 11.9 Å². The molecule has 0 radical (unpaired) electrons. The molecule has 3 rings (SSSR count). The Morgan fingerprint density at radius 2 is 2.16 bits per heavy atom. The first-order valence-corrected chi connectivity index (χ1v) is 7.39. The van der Waals surface area contributed by atoms with Crippen molar-refractivity contribution in [1.29, 1.82) is 0 Å². The largest absolute Gasteiger partial charge is 0.460 e. The second kappa shape index (κ2) is 6.93. The quantitative estimate of drug-likeness (QED) is 0.644. The summed E-state index contributed by atoms with van der Waals surface area (Å²) >= 11 is 0. The highest BCUT2D eigenvalue weighted by Gasteiger charge is 2.36. The second-order valence-corrected chi connectivity index (χ2v) is 5.31. The Balaban J connectivity index is 2.07. The summed E-state index contributed by atoms with van der Waals surface area (Å²) in [6.07, 6.45) is 0. The zero-order valence-corrected chi connectivity index (χ0v) is 13.5. The van der Waals surface area contributed by atoms with E-state index >= 15 is 0 Å². The number of ether oxygens (including phenoxy) is 2. The van der Waals surface area contributed by atoms with E-state index in [0.717, 1.165) is 18.2 Å². The molecule has 0 fully saturated rings. The Morgan fingerprint density at radius 3 is 2.92 bits per heavy atom. The molecule has 0 bridgehead atoms. The normalized spacial score (nSPS) is 16.4. The third-order valence-corrected chi connectivity index (χ3v) is 3.71. The Labute approximate surface area is 141 Å². The number of esters is 1. The first kappa shape index (κ1) is 17.0. The van der Waals surface area contributed by atoms with Gasteiger partial charge in [-0.2, -0.15) is 4.68 Å². The number of hydrogen-bond donors (Lipinski definition) is 1. The molecule has 2 aromatic rings. The van der Waals surface area contributed by atoms with Crippen LogP contribution in [0.4, 0.5) is 14.7 Å². The minimum absolute atomic E-state index is 0.0208. The van der Waals surface area contributed by atoms with Crippen LogP contribution in [0.5, 0.6) is 0 Å². The van der Waals surface area contributed by atoms with E-state index in [1.165, 1.54) is 11.8 Å². The maximum atomic E-state index is 14.4. The SMILES string of the molecule is COCCOC(=O)C1=C(C)Nc2nnnn2[C@H]1c1cc(F)ccc1F. The first-order valence-electron chi connectivity index (χ1n) is 7.39. The van der Waals surface area contributed by atoms with Gasteiger partial charge in [-0.1, -0.05) is 5.10 Å². The van der Waals surface area contributed by atoms with Crippen molar-refractivity contribution < 1.29 is 23.0 Å². The van der Waals surface area contributed by atoms with Crippen molar-refractivity contribution in [1.82, 2.24) is 20.2 Å². The number of benzene rings is 1. The third kappa shape index (κ3) is 3.20. The zero-order valence-electron chi connectivity index (χ0n) is 13.5. The number of nitrogens with zero attached hydrogens (tertiary/aromatic N) is 4. The van der Waals surface area contributed by atoms with E-state index in [-0.39, 0.29) is 30.3 Å². The van der Waals surface area contributed by atoms with Crippen LogP contribution in [0.3, 0.4) is 0 Å². The molecule has 132 valence electrons. The van der Waals surface area contributed by atoms with Crippen molar-refractivity contribution in [2.45, 2.75) is 13.0 Å². The highest BCUT2D eigenvalue weighted by molar-refractivity contribution is 5.92. The van der Waals surface area contributed by atoms with Gasteiger partial charge in [0.05, 0.1) is 12.2 Å². The maximum absolute atomic E-state index is 14.4. The highest BCUT2D eigenvalue weighted by atomic mass is 19.1. The molecule has 25 heavy (non-hydrogen) atoms. The van der Waals surface area contributed by atoms with Gasteiger partial charge in [0.15, 0.2) is 0 Å². The van der Waals surface area contributed by atoms with Gasteiger partial charge in [-0.3, -0.25) is 0 Å². The molecule has 0 unspecified atom stereocenters. The highest BCUT2D eigenvalue weighted by Crippen LogP contribution is 2.36. The standard InChI is InChI=1S/C15H15F2N5O3/c1-8-12(14(23)25-6-5-24-2)13(22-15(18-8)19-20-21-22)10-7-9(16)3-4-11(10)17/h3-4,7,13H,5-6H2,1-2H3,(H,18,19,21)/t13-/m0/s1. The van der Waals surface area contributed by atoms with Crippen LogP contribution in [0, 0.1) is 11.6 Å². The molecule has 1 aromatic carbocycles. The summed E-state index contributed by atoms with van der Waals surface area (Å²) in [4.78, 5) is 12.5. The average Bonchev–Trinajstić information content (AvgIpc) is 3.04. The van der Waals surface area contributed by atoms with Crippen molar-refractivity contribution in [3.63, 3.8) is 0 Å². The van der Waals surface area contributed by atoms with Gasteiger partial charge in [0, 0.05) is 18.4 Å².